The van der Waals surface area contributed by atoms with E-state index >= 15 is 0 Å². The van der Waals surface area contributed by atoms with Gasteiger partial charge in [0.05, 0.1) is 17.6 Å². The van der Waals surface area contributed by atoms with Gasteiger partial charge in [-0.25, -0.2) is 9.97 Å². The summed E-state index contributed by atoms with van der Waals surface area (Å²) in [7, 11) is 0. The monoisotopic (exact) mass is 410 g/mol. The lowest BCUT2D eigenvalue weighted by atomic mass is 10.1. The number of nitrogens with one attached hydrogen (secondary N) is 2. The molecule has 0 aliphatic heterocycles. The average molecular weight is 411 g/mol. The molecule has 0 aliphatic rings. The second-order valence-corrected chi connectivity index (χ2v) is 7.88. The number of hydrogen-bond donors (Lipinski definition) is 2. The zero-order valence-electron chi connectivity index (χ0n) is 15.1. The Morgan fingerprint density at radius 2 is 2.14 bits per heavy atom. The molecular formula is C20H18N4O2S2. The molecule has 2 N–H and O–H groups in total. The number of thioether (sulfide) groups is 1. The van der Waals surface area contributed by atoms with E-state index in [1.165, 1.54) is 23.1 Å². The summed E-state index contributed by atoms with van der Waals surface area (Å²) < 4.78 is 5.55. The van der Waals surface area contributed by atoms with E-state index in [1.54, 1.807) is 6.20 Å². The van der Waals surface area contributed by atoms with E-state index in [2.05, 4.69) is 20.3 Å². The van der Waals surface area contributed by atoms with Crippen LogP contribution < -0.4 is 10.1 Å². The minimum atomic E-state index is -0.461. The Morgan fingerprint density at radius 1 is 1.29 bits per heavy atom. The van der Waals surface area contributed by atoms with Crippen LogP contribution in [0.4, 0.5) is 5.13 Å². The number of benzene rings is 2. The Balaban J connectivity index is 1.61. The number of carbonyl (C=O) groups excluding carboxylic acids is 1. The largest absolute Gasteiger partial charge is 0.494 e. The highest BCUT2D eigenvalue weighted by Gasteiger charge is 2.24. The fraction of sp³-hybridized carbons (Fsp3) is 0.150. The third-order valence-corrected chi connectivity index (χ3v) is 5.80. The first kappa shape index (κ1) is 18.5. The first-order chi connectivity index (χ1) is 13.7. The van der Waals surface area contributed by atoms with Crippen molar-refractivity contribution in [3.8, 4) is 5.75 Å². The normalized spacial score (nSPS) is 12.0. The third kappa shape index (κ3) is 4.18. The van der Waals surface area contributed by atoms with Crippen molar-refractivity contribution < 1.29 is 9.53 Å². The summed E-state index contributed by atoms with van der Waals surface area (Å²) in [4.78, 5) is 25.0. The molecule has 4 rings (SSSR count). The molecule has 0 saturated heterocycles. The summed E-state index contributed by atoms with van der Waals surface area (Å²) in [5, 5.41) is 5.51. The molecule has 0 unspecified atom stereocenters. The Bertz CT molecular complexity index is 1060. The molecule has 0 saturated carbocycles. The van der Waals surface area contributed by atoms with Gasteiger partial charge in [-0.15, -0.1) is 11.3 Å². The lowest BCUT2D eigenvalue weighted by Gasteiger charge is -2.14. The summed E-state index contributed by atoms with van der Waals surface area (Å²) in [6.45, 7) is 2.55. The molecule has 2 heterocycles. The maximum atomic E-state index is 12.9. The molecule has 28 heavy (non-hydrogen) atoms. The van der Waals surface area contributed by atoms with Crippen LogP contribution in [0, 0.1) is 0 Å². The van der Waals surface area contributed by atoms with Crippen LogP contribution >= 0.6 is 23.1 Å². The van der Waals surface area contributed by atoms with Gasteiger partial charge in [0.25, 0.3) is 0 Å². The summed E-state index contributed by atoms with van der Waals surface area (Å²) in [5.74, 6) is 0.651. The van der Waals surface area contributed by atoms with Crippen LogP contribution in [0.1, 0.15) is 17.7 Å². The Kier molecular flexibility index (Phi) is 5.59. The number of amides is 1. The summed E-state index contributed by atoms with van der Waals surface area (Å²) >= 11 is 2.76. The molecule has 2 aromatic carbocycles. The maximum Gasteiger partial charge on any atom is 0.244 e. The number of thiazole rings is 1. The maximum absolute atomic E-state index is 12.9. The van der Waals surface area contributed by atoms with Crippen molar-refractivity contribution in [1.82, 2.24) is 15.0 Å². The molecule has 0 bridgehead atoms. The van der Waals surface area contributed by atoms with Crippen LogP contribution in [0.5, 0.6) is 5.75 Å². The number of ether oxygens (including phenoxy) is 1. The number of carbonyl (C=O) groups is 1. The standard InChI is InChI=1S/C20H18N4O2S2/c1-2-26-14-8-9-15-16(12-14)23-20(22-15)28-17(13-6-4-3-5-7-13)18(25)24-19-21-10-11-27-19/h3-12,17H,2H2,1H3,(H,22,23)(H,21,24,25)/t17-/m1/s1. The highest BCUT2D eigenvalue weighted by molar-refractivity contribution is 8.00. The van der Waals surface area contributed by atoms with Crippen molar-refractivity contribution in [2.45, 2.75) is 17.3 Å². The highest BCUT2D eigenvalue weighted by Crippen LogP contribution is 2.36. The van der Waals surface area contributed by atoms with Crippen LogP contribution in [-0.4, -0.2) is 27.5 Å². The molecule has 6 nitrogen and oxygen atoms in total. The van der Waals surface area contributed by atoms with Crippen LogP contribution in [-0.2, 0) is 4.79 Å². The quantitative estimate of drug-likeness (QED) is 0.424. The molecule has 142 valence electrons. The number of nitrogens with zero attached hydrogens (tertiary/aromatic N) is 2. The average Bonchev–Trinajstić information content (AvgIpc) is 3.36. The molecule has 0 spiro atoms. The van der Waals surface area contributed by atoms with Crippen molar-refractivity contribution in [2.24, 2.45) is 0 Å². The van der Waals surface area contributed by atoms with Crippen LogP contribution in [0.3, 0.4) is 0 Å². The third-order valence-electron chi connectivity index (χ3n) is 3.98. The van der Waals surface area contributed by atoms with Crippen LogP contribution in [0.15, 0.2) is 65.3 Å². The molecule has 0 fully saturated rings. The van der Waals surface area contributed by atoms with Gasteiger partial charge in [-0.05, 0) is 24.6 Å². The van der Waals surface area contributed by atoms with Gasteiger partial charge < -0.3 is 15.0 Å². The minimum Gasteiger partial charge on any atom is -0.494 e. The Hall–Kier alpha value is -2.84. The number of fused-ring (bicyclic) bond motifs is 1. The SMILES string of the molecule is CCOc1ccc2nc(S[C@@H](C(=O)Nc3nccs3)c3ccccc3)[nH]c2c1. The van der Waals surface area contributed by atoms with Gasteiger partial charge in [0.2, 0.25) is 5.91 Å². The van der Waals surface area contributed by atoms with Gasteiger partial charge in [0.1, 0.15) is 11.0 Å². The molecule has 2 aromatic heterocycles. The van der Waals surface area contributed by atoms with E-state index < -0.39 is 5.25 Å². The number of aromatic amines is 1. The fourth-order valence-electron chi connectivity index (χ4n) is 2.75. The predicted octanol–water partition coefficient (Wildman–Crippen LogP) is 4.89. The lowest BCUT2D eigenvalue weighted by Crippen LogP contribution is -2.19. The van der Waals surface area contributed by atoms with Crippen LogP contribution in [0.25, 0.3) is 11.0 Å². The number of rotatable bonds is 7. The van der Waals surface area contributed by atoms with Crippen molar-refractivity contribution >= 4 is 45.2 Å². The lowest BCUT2D eigenvalue weighted by molar-refractivity contribution is -0.115. The topological polar surface area (TPSA) is 79.9 Å². The second-order valence-electron chi connectivity index (χ2n) is 5.89. The van der Waals surface area contributed by atoms with Gasteiger partial charge in [-0.1, -0.05) is 42.1 Å². The molecular weight excluding hydrogens is 392 g/mol. The summed E-state index contributed by atoms with van der Waals surface area (Å²) in [6, 6.07) is 15.4. The van der Waals surface area contributed by atoms with Gasteiger partial charge in [-0.2, -0.15) is 0 Å². The number of hydrogen-bond acceptors (Lipinski definition) is 6. The Labute approximate surface area is 170 Å². The molecule has 1 amide bonds. The van der Waals surface area contributed by atoms with E-state index in [0.717, 1.165) is 22.3 Å². The second kappa shape index (κ2) is 8.45. The molecule has 0 radical (unpaired) electrons. The van der Waals surface area contributed by atoms with Gasteiger partial charge in [0.15, 0.2) is 10.3 Å². The van der Waals surface area contributed by atoms with E-state index in [4.69, 9.17) is 4.74 Å². The summed E-state index contributed by atoms with van der Waals surface area (Å²) in [5.41, 5.74) is 2.61. The fourth-order valence-corrected chi connectivity index (χ4v) is 4.28. The van der Waals surface area contributed by atoms with E-state index in [1.807, 2.05) is 60.8 Å². The zero-order valence-corrected chi connectivity index (χ0v) is 16.7. The van der Waals surface area contributed by atoms with Crippen LogP contribution in [0.2, 0.25) is 0 Å². The van der Waals surface area contributed by atoms with Gasteiger partial charge in [-0.3, -0.25) is 4.79 Å². The number of H-pyrrole nitrogens is 1. The molecule has 4 aromatic rings. The van der Waals surface area contributed by atoms with Crippen molar-refractivity contribution in [3.05, 3.63) is 65.7 Å². The van der Waals surface area contributed by atoms with Crippen molar-refractivity contribution in [2.75, 3.05) is 11.9 Å². The number of aromatic nitrogens is 3. The van der Waals surface area contributed by atoms with Crippen molar-refractivity contribution in [3.63, 3.8) is 0 Å². The minimum absolute atomic E-state index is 0.137. The smallest absolute Gasteiger partial charge is 0.244 e. The van der Waals surface area contributed by atoms with Gasteiger partial charge >= 0.3 is 0 Å². The molecule has 0 aliphatic carbocycles. The Morgan fingerprint density at radius 3 is 2.89 bits per heavy atom. The zero-order chi connectivity index (χ0) is 19.3. The number of anilines is 1. The molecule has 8 heteroatoms. The predicted molar refractivity (Wildman–Crippen MR) is 113 cm³/mol. The molecule has 1 atom stereocenters. The first-order valence-electron chi connectivity index (χ1n) is 8.77. The van der Waals surface area contributed by atoms with E-state index in [0.29, 0.717) is 16.9 Å². The van der Waals surface area contributed by atoms with E-state index in [-0.39, 0.29) is 5.91 Å². The van der Waals surface area contributed by atoms with Gasteiger partial charge in [0, 0.05) is 17.6 Å². The first-order valence-corrected chi connectivity index (χ1v) is 10.5. The van der Waals surface area contributed by atoms with Crippen molar-refractivity contribution in [1.29, 1.82) is 0 Å². The highest BCUT2D eigenvalue weighted by atomic mass is 32.2. The summed E-state index contributed by atoms with van der Waals surface area (Å²) in [6.07, 6.45) is 1.67. The number of imidazole rings is 1. The van der Waals surface area contributed by atoms with E-state index in [9.17, 15) is 4.79 Å².